The summed E-state index contributed by atoms with van der Waals surface area (Å²) in [6, 6.07) is 0. The van der Waals surface area contributed by atoms with Crippen LogP contribution in [0.2, 0.25) is 0 Å². The van der Waals surface area contributed by atoms with Crippen LogP contribution in [0.5, 0.6) is 0 Å². The van der Waals surface area contributed by atoms with Gasteiger partial charge >= 0.3 is 0 Å². The van der Waals surface area contributed by atoms with E-state index in [1.807, 2.05) is 0 Å². The second-order valence-electron chi connectivity index (χ2n) is 1.70. The van der Waals surface area contributed by atoms with Gasteiger partial charge in [-0.25, -0.2) is 17.6 Å². The molecule has 0 unspecified atom stereocenters. The maximum absolute atomic E-state index is 11.9. The van der Waals surface area contributed by atoms with Crippen molar-refractivity contribution in [1.29, 1.82) is 0 Å². The molecule has 55 valence electrons. The zero-order chi connectivity index (χ0) is 7.49. The molecule has 0 aromatic rings. The molecule has 1 radical (unpaired) electrons. The second-order valence-corrected chi connectivity index (χ2v) is 1.70. The van der Waals surface area contributed by atoms with Gasteiger partial charge in [0.25, 0.3) is 5.92 Å². The summed E-state index contributed by atoms with van der Waals surface area (Å²) >= 11 is 0. The largest absolute Gasteiger partial charge is 0.253 e. The van der Waals surface area contributed by atoms with Gasteiger partial charge in [0.2, 0.25) is 6.43 Å². The Kier molecular flexibility index (Phi) is 2.94. The minimum atomic E-state index is -3.30. The Morgan fingerprint density at radius 1 is 1.33 bits per heavy atom. The average molecular weight is 143 g/mol. The second kappa shape index (κ2) is 3.03. The van der Waals surface area contributed by atoms with E-state index in [0.29, 0.717) is 0 Å². The average Bonchev–Trinajstić information content (AvgIpc) is 1.63. The third-order valence-corrected chi connectivity index (χ3v) is 0.819. The van der Waals surface area contributed by atoms with Crippen LogP contribution in [0.25, 0.3) is 0 Å². The molecule has 0 aliphatic rings. The lowest BCUT2D eigenvalue weighted by molar-refractivity contribution is -0.0515. The molecule has 0 saturated carbocycles. The highest BCUT2D eigenvalue weighted by molar-refractivity contribution is 4.67. The Morgan fingerprint density at radius 3 is 1.89 bits per heavy atom. The van der Waals surface area contributed by atoms with Crippen molar-refractivity contribution in [1.82, 2.24) is 0 Å². The van der Waals surface area contributed by atoms with Crippen molar-refractivity contribution in [2.24, 2.45) is 0 Å². The Balaban J connectivity index is 3.58. The topological polar surface area (TPSA) is 0 Å². The van der Waals surface area contributed by atoms with Crippen LogP contribution >= 0.6 is 0 Å². The van der Waals surface area contributed by atoms with Crippen LogP contribution in [0.3, 0.4) is 0 Å². The van der Waals surface area contributed by atoms with Crippen molar-refractivity contribution in [3.8, 4) is 0 Å². The molecule has 4 heteroatoms. The molecular formula is C5H7F4. The first-order valence-corrected chi connectivity index (χ1v) is 2.43. The SMILES string of the molecule is [CH2]CC(F)(F)CC(F)F. The molecule has 0 aromatic heterocycles. The van der Waals surface area contributed by atoms with Crippen LogP contribution in [-0.4, -0.2) is 12.3 Å². The minimum absolute atomic E-state index is 0.767. The molecular weight excluding hydrogens is 136 g/mol. The van der Waals surface area contributed by atoms with E-state index in [1.165, 1.54) is 0 Å². The molecule has 0 N–H and O–H groups in total. The first-order valence-electron chi connectivity index (χ1n) is 2.43. The van der Waals surface area contributed by atoms with E-state index in [2.05, 4.69) is 6.92 Å². The molecule has 0 aromatic carbocycles. The van der Waals surface area contributed by atoms with Crippen molar-refractivity contribution >= 4 is 0 Å². The first-order chi connectivity index (χ1) is 3.98. The summed E-state index contributed by atoms with van der Waals surface area (Å²) in [5.41, 5.74) is 0. The summed E-state index contributed by atoms with van der Waals surface area (Å²) in [5, 5.41) is 0. The number of hydrogen-bond donors (Lipinski definition) is 0. The van der Waals surface area contributed by atoms with Gasteiger partial charge in [-0.3, -0.25) is 0 Å². The molecule has 0 bridgehead atoms. The summed E-state index contributed by atoms with van der Waals surface area (Å²) in [6.45, 7) is 2.83. The summed E-state index contributed by atoms with van der Waals surface area (Å²) in [4.78, 5) is 0. The van der Waals surface area contributed by atoms with Gasteiger partial charge in [-0.05, 0) is 6.92 Å². The van der Waals surface area contributed by atoms with Crippen LogP contribution in [0.15, 0.2) is 0 Å². The summed E-state index contributed by atoms with van der Waals surface area (Å²) in [6.07, 6.45) is -5.09. The number of hydrogen-bond acceptors (Lipinski definition) is 0. The normalized spacial score (nSPS) is 12.7. The fraction of sp³-hybridized carbons (Fsp3) is 0.800. The minimum Gasteiger partial charge on any atom is -0.210 e. The van der Waals surface area contributed by atoms with E-state index in [1.54, 1.807) is 0 Å². The van der Waals surface area contributed by atoms with Gasteiger partial charge in [0.05, 0.1) is 6.42 Å². The van der Waals surface area contributed by atoms with Crippen molar-refractivity contribution < 1.29 is 17.6 Å². The zero-order valence-electron chi connectivity index (χ0n) is 4.71. The fourth-order valence-corrected chi connectivity index (χ4v) is 0.328. The fourth-order valence-electron chi connectivity index (χ4n) is 0.328. The van der Waals surface area contributed by atoms with Crippen LogP contribution in [-0.2, 0) is 0 Å². The molecule has 0 rings (SSSR count). The van der Waals surface area contributed by atoms with Crippen LogP contribution in [0, 0.1) is 6.92 Å². The Labute approximate surface area is 50.9 Å². The molecule has 0 amide bonds. The third-order valence-electron chi connectivity index (χ3n) is 0.819. The Morgan fingerprint density at radius 2 is 1.78 bits per heavy atom. The van der Waals surface area contributed by atoms with Crippen molar-refractivity contribution in [2.45, 2.75) is 25.2 Å². The molecule has 0 nitrogen and oxygen atoms in total. The lowest BCUT2D eigenvalue weighted by Crippen LogP contribution is -2.18. The van der Waals surface area contributed by atoms with Gasteiger partial charge < -0.3 is 0 Å². The zero-order valence-corrected chi connectivity index (χ0v) is 4.71. The van der Waals surface area contributed by atoms with E-state index in [0.717, 1.165) is 0 Å². The van der Waals surface area contributed by atoms with Gasteiger partial charge in [0.1, 0.15) is 0 Å². The van der Waals surface area contributed by atoms with Crippen LogP contribution in [0.1, 0.15) is 12.8 Å². The molecule has 0 fully saturated rings. The van der Waals surface area contributed by atoms with Crippen molar-refractivity contribution in [3.05, 3.63) is 6.92 Å². The maximum atomic E-state index is 11.9. The monoisotopic (exact) mass is 143 g/mol. The molecule has 0 heterocycles. The predicted octanol–water partition coefficient (Wildman–Crippen LogP) is 2.50. The van der Waals surface area contributed by atoms with E-state index in [9.17, 15) is 17.6 Å². The van der Waals surface area contributed by atoms with E-state index in [-0.39, 0.29) is 0 Å². The molecule has 0 atom stereocenters. The van der Waals surface area contributed by atoms with E-state index in [4.69, 9.17) is 0 Å². The van der Waals surface area contributed by atoms with Gasteiger partial charge in [-0.2, -0.15) is 0 Å². The van der Waals surface area contributed by atoms with Crippen LogP contribution < -0.4 is 0 Å². The van der Waals surface area contributed by atoms with Gasteiger partial charge in [-0.1, -0.05) is 0 Å². The molecule has 0 aliphatic carbocycles. The molecule has 0 saturated heterocycles. The van der Waals surface area contributed by atoms with Crippen molar-refractivity contribution in [2.75, 3.05) is 0 Å². The van der Waals surface area contributed by atoms with Gasteiger partial charge in [-0.15, -0.1) is 0 Å². The predicted molar refractivity (Wildman–Crippen MR) is 25.5 cm³/mol. The highest BCUT2D eigenvalue weighted by Crippen LogP contribution is 2.25. The standard InChI is InChI=1S/C5H7F4/c1-2-5(8,9)3-4(6)7/h4H,1-3H2. The first kappa shape index (κ1) is 8.72. The third kappa shape index (κ3) is 4.24. The smallest absolute Gasteiger partial charge is 0.210 e. The summed E-state index contributed by atoms with van der Waals surface area (Å²) in [7, 11) is 0. The molecule has 9 heavy (non-hydrogen) atoms. The van der Waals surface area contributed by atoms with Gasteiger partial charge in [0, 0.05) is 6.42 Å². The van der Waals surface area contributed by atoms with E-state index < -0.39 is 25.2 Å². The highest BCUT2D eigenvalue weighted by atomic mass is 19.3. The number of rotatable bonds is 3. The van der Waals surface area contributed by atoms with Crippen LogP contribution in [0.4, 0.5) is 17.6 Å². The molecule has 0 spiro atoms. The Bertz CT molecular complexity index is 79.0. The van der Waals surface area contributed by atoms with Gasteiger partial charge in [0.15, 0.2) is 0 Å². The maximum Gasteiger partial charge on any atom is 0.253 e. The number of halogens is 4. The quantitative estimate of drug-likeness (QED) is 0.532. The lowest BCUT2D eigenvalue weighted by Gasteiger charge is -2.11. The summed E-state index contributed by atoms with van der Waals surface area (Å²) in [5.74, 6) is -3.30. The van der Waals surface area contributed by atoms with E-state index >= 15 is 0 Å². The lowest BCUT2D eigenvalue weighted by atomic mass is 10.2. The number of alkyl halides is 4. The molecule has 0 aliphatic heterocycles. The summed E-state index contributed by atoms with van der Waals surface area (Å²) < 4.78 is 46.1. The Hall–Kier alpha value is -0.280. The van der Waals surface area contributed by atoms with Crippen molar-refractivity contribution in [3.63, 3.8) is 0 Å². The highest BCUT2D eigenvalue weighted by Gasteiger charge is 2.30.